The molecule has 0 spiro atoms. The van der Waals surface area contributed by atoms with Gasteiger partial charge in [-0.1, -0.05) is 0 Å². The largest absolute Gasteiger partial charge is 0.502 e. The molecule has 4 rings (SSSR count). The van der Waals surface area contributed by atoms with E-state index in [2.05, 4.69) is 10.4 Å². The average Bonchev–Trinajstić information content (AvgIpc) is 2.94. The van der Waals surface area contributed by atoms with Crippen LogP contribution in [0.5, 0.6) is 17.2 Å². The highest BCUT2D eigenvalue weighted by Crippen LogP contribution is 2.47. The van der Waals surface area contributed by atoms with Crippen molar-refractivity contribution in [1.29, 1.82) is 0 Å². The number of benzene rings is 2. The number of nitrogens with one attached hydrogen (secondary N) is 1. The number of thioether (sulfide) groups is 1. The Morgan fingerprint density at radius 2 is 1.83 bits per heavy atom. The highest BCUT2D eigenvalue weighted by molar-refractivity contribution is 8.00. The summed E-state index contributed by atoms with van der Waals surface area (Å²) in [5.74, 6) is 0.713. The lowest BCUT2D eigenvalue weighted by molar-refractivity contribution is -0.113. The standard InChI is InChI=1S/C21H20FN3O4S/c1-11-18-20(12-8-15(28-2)19(27)16(9-12)29-3)30-10-17(26)23-21(18)25(24-11)14-6-4-13(22)5-7-14/h4-9,20,27H,10H2,1-3H3,(H,23,26). The molecule has 2 N–H and O–H groups in total. The fraction of sp³-hybridized carbons (Fsp3) is 0.238. The summed E-state index contributed by atoms with van der Waals surface area (Å²) in [6, 6.07) is 9.35. The Balaban J connectivity index is 1.90. The summed E-state index contributed by atoms with van der Waals surface area (Å²) in [4.78, 5) is 12.4. The van der Waals surface area contributed by atoms with E-state index in [0.29, 0.717) is 11.5 Å². The Kier molecular flexibility index (Phi) is 5.29. The minimum atomic E-state index is -0.352. The van der Waals surface area contributed by atoms with Crippen LogP contribution in [0.4, 0.5) is 10.2 Å². The Labute approximate surface area is 176 Å². The summed E-state index contributed by atoms with van der Waals surface area (Å²) in [7, 11) is 2.93. The highest BCUT2D eigenvalue weighted by atomic mass is 32.2. The second kappa shape index (κ2) is 7.91. The maximum absolute atomic E-state index is 13.4. The van der Waals surface area contributed by atoms with E-state index in [1.807, 2.05) is 6.92 Å². The molecule has 2 aromatic carbocycles. The molecule has 156 valence electrons. The van der Waals surface area contributed by atoms with Crippen molar-refractivity contribution in [3.8, 4) is 22.9 Å². The van der Waals surface area contributed by atoms with Gasteiger partial charge in [0.1, 0.15) is 11.6 Å². The van der Waals surface area contributed by atoms with Crippen LogP contribution in [-0.2, 0) is 4.79 Å². The van der Waals surface area contributed by atoms with Crippen LogP contribution in [-0.4, -0.2) is 40.8 Å². The molecule has 30 heavy (non-hydrogen) atoms. The van der Waals surface area contributed by atoms with Crippen LogP contribution in [0.25, 0.3) is 5.69 Å². The van der Waals surface area contributed by atoms with Crippen molar-refractivity contribution in [1.82, 2.24) is 9.78 Å². The molecule has 9 heteroatoms. The van der Waals surface area contributed by atoms with Crippen molar-refractivity contribution in [3.05, 3.63) is 59.0 Å². The van der Waals surface area contributed by atoms with E-state index < -0.39 is 0 Å². The van der Waals surface area contributed by atoms with Crippen molar-refractivity contribution in [2.45, 2.75) is 12.2 Å². The number of hydrogen-bond acceptors (Lipinski definition) is 6. The summed E-state index contributed by atoms with van der Waals surface area (Å²) >= 11 is 1.44. The van der Waals surface area contributed by atoms with E-state index in [0.717, 1.165) is 16.8 Å². The Hall–Kier alpha value is -3.20. The van der Waals surface area contributed by atoms with Gasteiger partial charge < -0.3 is 19.9 Å². The summed E-state index contributed by atoms with van der Waals surface area (Å²) in [6.45, 7) is 1.86. The van der Waals surface area contributed by atoms with E-state index in [1.54, 1.807) is 28.9 Å². The number of ether oxygens (including phenoxy) is 2. The first-order valence-corrected chi connectivity index (χ1v) is 10.2. The van der Waals surface area contributed by atoms with Crippen LogP contribution in [0.2, 0.25) is 0 Å². The number of hydrogen-bond donors (Lipinski definition) is 2. The molecule has 3 aromatic rings. The van der Waals surface area contributed by atoms with Crippen molar-refractivity contribution < 1.29 is 23.8 Å². The van der Waals surface area contributed by atoms with Gasteiger partial charge in [-0.25, -0.2) is 9.07 Å². The van der Waals surface area contributed by atoms with Crippen LogP contribution in [0.15, 0.2) is 36.4 Å². The first-order chi connectivity index (χ1) is 14.4. The molecule has 0 radical (unpaired) electrons. The van der Waals surface area contributed by atoms with Crippen LogP contribution in [0.1, 0.15) is 22.1 Å². The van der Waals surface area contributed by atoms with E-state index in [-0.39, 0.29) is 40.0 Å². The van der Waals surface area contributed by atoms with E-state index in [1.165, 1.54) is 38.1 Å². The zero-order valence-corrected chi connectivity index (χ0v) is 17.4. The van der Waals surface area contributed by atoms with Gasteiger partial charge in [0, 0.05) is 5.56 Å². The molecule has 7 nitrogen and oxygen atoms in total. The number of aromatic hydroxyl groups is 1. The SMILES string of the molecule is COc1cc(C2SCC(=O)Nc3c2c(C)nn3-c2ccc(F)cc2)cc(OC)c1O. The summed E-state index contributed by atoms with van der Waals surface area (Å²) in [5, 5.41) is 17.5. The highest BCUT2D eigenvalue weighted by Gasteiger charge is 2.31. The van der Waals surface area contributed by atoms with Gasteiger partial charge in [-0.05, 0) is 48.9 Å². The van der Waals surface area contributed by atoms with E-state index >= 15 is 0 Å². The van der Waals surface area contributed by atoms with Gasteiger partial charge in [-0.2, -0.15) is 5.10 Å². The first kappa shape index (κ1) is 20.1. The van der Waals surface area contributed by atoms with Crippen LogP contribution >= 0.6 is 11.8 Å². The van der Waals surface area contributed by atoms with Gasteiger partial charge >= 0.3 is 0 Å². The number of anilines is 1. The Bertz CT molecular complexity index is 1090. The molecule has 1 aliphatic heterocycles. The number of phenols is 1. The first-order valence-electron chi connectivity index (χ1n) is 9.14. The fourth-order valence-corrected chi connectivity index (χ4v) is 4.65. The van der Waals surface area contributed by atoms with Crippen LogP contribution in [0, 0.1) is 12.7 Å². The number of carbonyl (C=O) groups excluding carboxylic acids is 1. The lowest BCUT2D eigenvalue weighted by Crippen LogP contribution is -2.15. The molecular weight excluding hydrogens is 409 g/mol. The number of aromatic nitrogens is 2. The molecule has 1 amide bonds. The summed E-state index contributed by atoms with van der Waals surface area (Å²) < 4.78 is 25.6. The fourth-order valence-electron chi connectivity index (χ4n) is 3.48. The molecule has 0 bridgehead atoms. The van der Waals surface area contributed by atoms with Crippen LogP contribution in [0.3, 0.4) is 0 Å². The topological polar surface area (TPSA) is 85.6 Å². The third kappa shape index (κ3) is 3.45. The third-order valence-electron chi connectivity index (χ3n) is 4.88. The second-order valence-corrected chi connectivity index (χ2v) is 7.84. The number of methoxy groups -OCH3 is 2. The maximum Gasteiger partial charge on any atom is 0.235 e. The molecule has 1 atom stereocenters. The molecule has 0 saturated carbocycles. The summed E-state index contributed by atoms with van der Waals surface area (Å²) in [6.07, 6.45) is 0. The number of fused-ring (bicyclic) bond motifs is 1. The zero-order valence-electron chi connectivity index (χ0n) is 16.6. The number of rotatable bonds is 4. The molecule has 1 aromatic heterocycles. The molecule has 0 aliphatic carbocycles. The number of nitrogens with zero attached hydrogens (tertiary/aromatic N) is 2. The third-order valence-corrected chi connectivity index (χ3v) is 6.15. The summed E-state index contributed by atoms with van der Waals surface area (Å²) in [5.41, 5.74) is 2.98. The minimum Gasteiger partial charge on any atom is -0.502 e. The van der Waals surface area contributed by atoms with Crippen LogP contribution < -0.4 is 14.8 Å². The second-order valence-electron chi connectivity index (χ2n) is 6.75. The molecular formula is C21H20FN3O4S. The Morgan fingerprint density at radius 3 is 2.43 bits per heavy atom. The van der Waals surface area contributed by atoms with Gasteiger partial charge in [0.25, 0.3) is 0 Å². The number of carbonyl (C=O) groups is 1. The minimum absolute atomic E-state index is 0.0875. The van der Waals surface area contributed by atoms with E-state index in [9.17, 15) is 14.3 Å². The van der Waals surface area contributed by atoms with Crippen molar-refractivity contribution in [2.24, 2.45) is 0 Å². The van der Waals surface area contributed by atoms with Crippen molar-refractivity contribution >= 4 is 23.5 Å². The van der Waals surface area contributed by atoms with Gasteiger partial charge in [0.05, 0.1) is 36.6 Å². The van der Waals surface area contributed by atoms with Gasteiger partial charge in [0.15, 0.2) is 11.5 Å². The molecule has 1 unspecified atom stereocenters. The monoisotopic (exact) mass is 429 g/mol. The maximum atomic E-state index is 13.4. The lowest BCUT2D eigenvalue weighted by atomic mass is 10.0. The molecule has 2 heterocycles. The quantitative estimate of drug-likeness (QED) is 0.656. The smallest absolute Gasteiger partial charge is 0.235 e. The normalized spacial score (nSPS) is 15.9. The van der Waals surface area contributed by atoms with Gasteiger partial charge in [0.2, 0.25) is 11.7 Å². The predicted octanol–water partition coefficient (Wildman–Crippen LogP) is 3.82. The van der Waals surface area contributed by atoms with Crippen molar-refractivity contribution in [2.75, 3.05) is 25.3 Å². The lowest BCUT2D eigenvalue weighted by Gasteiger charge is -2.18. The zero-order chi connectivity index (χ0) is 21.4. The predicted molar refractivity (Wildman–Crippen MR) is 112 cm³/mol. The number of phenolic OH excluding ortho intramolecular Hbond substituents is 1. The molecule has 1 aliphatic rings. The van der Waals surface area contributed by atoms with Gasteiger partial charge in [-0.15, -0.1) is 11.8 Å². The molecule has 0 saturated heterocycles. The average molecular weight is 429 g/mol. The Morgan fingerprint density at radius 1 is 1.20 bits per heavy atom. The number of aryl methyl sites for hydroxylation is 1. The van der Waals surface area contributed by atoms with Crippen molar-refractivity contribution in [3.63, 3.8) is 0 Å². The molecule has 0 fully saturated rings. The van der Waals surface area contributed by atoms with Gasteiger partial charge in [-0.3, -0.25) is 4.79 Å². The number of halogens is 1. The van der Waals surface area contributed by atoms with E-state index in [4.69, 9.17) is 9.47 Å². The number of amides is 1.